The number of non-ortho nitro benzene ring substituents is 1. The Kier molecular flexibility index (Phi) is 3.84. The fourth-order valence-corrected chi connectivity index (χ4v) is 2.13. The van der Waals surface area contributed by atoms with Gasteiger partial charge in [0.25, 0.3) is 5.69 Å². The van der Waals surface area contributed by atoms with Gasteiger partial charge in [0.05, 0.1) is 10.6 Å². The number of nitro groups is 1. The third kappa shape index (κ3) is 3.71. The standard InChI is InChI=1S/C14H15N3O4/c1-14(2)7-11(18)13(16-12(19)8-14)15-9-3-5-10(6-4-9)17(20)21/h3-6H,7-8H2,1-2H3,(H,15,16,19). The smallest absolute Gasteiger partial charge is 0.269 e. The molecule has 0 unspecified atom stereocenters. The lowest BCUT2D eigenvalue weighted by Gasteiger charge is -2.18. The number of carbonyl (C=O) groups excluding carboxylic acids is 2. The molecule has 1 aliphatic rings. The van der Waals surface area contributed by atoms with Crippen molar-refractivity contribution >= 4 is 28.9 Å². The lowest BCUT2D eigenvalue weighted by atomic mass is 9.85. The SMILES string of the molecule is CC1(C)CC(=O)NC(=Nc2ccc([N+](=O)[O-])cc2)C(=O)C1. The number of hydrogen-bond acceptors (Lipinski definition) is 5. The van der Waals surface area contributed by atoms with Crippen LogP contribution in [0, 0.1) is 15.5 Å². The molecule has 0 aromatic heterocycles. The number of amidine groups is 1. The summed E-state index contributed by atoms with van der Waals surface area (Å²) in [7, 11) is 0. The second-order valence-corrected chi connectivity index (χ2v) is 5.72. The average Bonchev–Trinajstić information content (AvgIpc) is 2.45. The largest absolute Gasteiger partial charge is 0.308 e. The number of benzene rings is 1. The number of aliphatic imine (C=N–C) groups is 1. The zero-order valence-electron chi connectivity index (χ0n) is 11.8. The minimum Gasteiger partial charge on any atom is -0.308 e. The van der Waals surface area contributed by atoms with Gasteiger partial charge in [0.15, 0.2) is 11.6 Å². The van der Waals surface area contributed by atoms with Gasteiger partial charge in [-0.25, -0.2) is 4.99 Å². The molecule has 1 heterocycles. The molecule has 0 saturated carbocycles. The van der Waals surface area contributed by atoms with E-state index in [4.69, 9.17) is 0 Å². The zero-order chi connectivity index (χ0) is 15.6. The average molecular weight is 289 g/mol. The van der Waals surface area contributed by atoms with Crippen molar-refractivity contribution in [3.63, 3.8) is 0 Å². The normalized spacial score (nSPS) is 20.0. The van der Waals surface area contributed by atoms with E-state index in [1.165, 1.54) is 24.3 Å². The predicted molar refractivity (Wildman–Crippen MR) is 76.4 cm³/mol. The minimum absolute atomic E-state index is 0.0144. The molecule has 0 spiro atoms. The van der Waals surface area contributed by atoms with Crippen molar-refractivity contribution in [3.05, 3.63) is 34.4 Å². The Balaban J connectivity index is 2.28. The molecule has 21 heavy (non-hydrogen) atoms. The summed E-state index contributed by atoms with van der Waals surface area (Å²) in [5.74, 6) is -0.518. The van der Waals surface area contributed by atoms with Gasteiger partial charge in [-0.3, -0.25) is 19.7 Å². The molecular formula is C14H15N3O4. The topological polar surface area (TPSA) is 102 Å². The van der Waals surface area contributed by atoms with Gasteiger partial charge in [-0.05, 0) is 17.5 Å². The molecule has 0 atom stereocenters. The molecule has 0 aliphatic carbocycles. The van der Waals surface area contributed by atoms with Gasteiger partial charge in [-0.2, -0.15) is 0 Å². The quantitative estimate of drug-likeness (QED) is 0.665. The molecule has 1 saturated heterocycles. The maximum atomic E-state index is 12.1. The number of hydrogen-bond donors (Lipinski definition) is 1. The first-order chi connectivity index (χ1) is 9.77. The summed E-state index contributed by atoms with van der Waals surface area (Å²) in [5, 5.41) is 13.1. The summed E-state index contributed by atoms with van der Waals surface area (Å²) in [4.78, 5) is 38.0. The molecule has 1 N–H and O–H groups in total. The van der Waals surface area contributed by atoms with Crippen molar-refractivity contribution in [1.82, 2.24) is 5.32 Å². The van der Waals surface area contributed by atoms with Crippen LogP contribution in [0.2, 0.25) is 0 Å². The van der Waals surface area contributed by atoms with Crippen molar-refractivity contribution in [1.29, 1.82) is 0 Å². The fraction of sp³-hybridized carbons (Fsp3) is 0.357. The number of ketones is 1. The van der Waals surface area contributed by atoms with Crippen LogP contribution in [0.4, 0.5) is 11.4 Å². The highest BCUT2D eigenvalue weighted by molar-refractivity contribution is 6.42. The number of amides is 1. The molecule has 1 aliphatic heterocycles. The number of nitrogens with one attached hydrogen (secondary N) is 1. The van der Waals surface area contributed by atoms with Gasteiger partial charge >= 0.3 is 0 Å². The van der Waals surface area contributed by atoms with Crippen LogP contribution in [0.25, 0.3) is 0 Å². The molecule has 1 amide bonds. The first-order valence-electron chi connectivity index (χ1n) is 6.43. The summed E-state index contributed by atoms with van der Waals surface area (Å²) in [6, 6.07) is 5.46. The van der Waals surface area contributed by atoms with E-state index in [0.717, 1.165) is 0 Å². The van der Waals surface area contributed by atoms with E-state index >= 15 is 0 Å². The van der Waals surface area contributed by atoms with Crippen LogP contribution in [-0.2, 0) is 9.59 Å². The third-order valence-electron chi connectivity index (χ3n) is 3.10. The van der Waals surface area contributed by atoms with Crippen molar-refractivity contribution in [3.8, 4) is 0 Å². The molecule has 7 heteroatoms. The van der Waals surface area contributed by atoms with Crippen LogP contribution >= 0.6 is 0 Å². The van der Waals surface area contributed by atoms with E-state index in [1.54, 1.807) is 0 Å². The Morgan fingerprint density at radius 1 is 1.19 bits per heavy atom. The van der Waals surface area contributed by atoms with Crippen LogP contribution in [0.3, 0.4) is 0 Å². The third-order valence-corrected chi connectivity index (χ3v) is 3.10. The Labute approximate surface area is 121 Å². The van der Waals surface area contributed by atoms with Gasteiger partial charge in [0.2, 0.25) is 5.91 Å². The first-order valence-corrected chi connectivity index (χ1v) is 6.43. The highest BCUT2D eigenvalue weighted by Crippen LogP contribution is 2.28. The van der Waals surface area contributed by atoms with Crippen molar-refractivity contribution < 1.29 is 14.5 Å². The first kappa shape index (κ1) is 14.8. The Hall–Kier alpha value is -2.57. The number of rotatable bonds is 2. The molecule has 1 aromatic rings. The van der Waals surface area contributed by atoms with Gasteiger partial charge in [-0.15, -0.1) is 0 Å². The Bertz CT molecular complexity index is 632. The van der Waals surface area contributed by atoms with Crippen LogP contribution < -0.4 is 5.32 Å². The van der Waals surface area contributed by atoms with Crippen LogP contribution in [-0.4, -0.2) is 22.4 Å². The summed E-state index contributed by atoms with van der Waals surface area (Å²) >= 11 is 0. The minimum atomic E-state index is -0.516. The van der Waals surface area contributed by atoms with Crippen LogP contribution in [0.15, 0.2) is 29.3 Å². The summed E-state index contributed by atoms with van der Waals surface area (Å²) in [6.45, 7) is 3.69. The maximum absolute atomic E-state index is 12.1. The number of nitro benzene ring substituents is 1. The molecular weight excluding hydrogens is 274 g/mol. The highest BCUT2D eigenvalue weighted by atomic mass is 16.6. The molecule has 0 radical (unpaired) electrons. The van der Waals surface area contributed by atoms with Gasteiger partial charge in [0, 0.05) is 25.0 Å². The summed E-state index contributed by atoms with van der Waals surface area (Å²) in [6.07, 6.45) is 0.468. The molecule has 2 rings (SSSR count). The zero-order valence-corrected chi connectivity index (χ0v) is 11.8. The molecule has 1 fully saturated rings. The lowest BCUT2D eigenvalue weighted by Crippen LogP contribution is -2.33. The van der Waals surface area contributed by atoms with E-state index < -0.39 is 10.3 Å². The lowest BCUT2D eigenvalue weighted by molar-refractivity contribution is -0.384. The van der Waals surface area contributed by atoms with E-state index in [2.05, 4.69) is 10.3 Å². The second kappa shape index (κ2) is 5.43. The van der Waals surface area contributed by atoms with Crippen molar-refractivity contribution in [2.45, 2.75) is 26.7 Å². The van der Waals surface area contributed by atoms with Gasteiger partial charge in [-0.1, -0.05) is 13.8 Å². The van der Waals surface area contributed by atoms with Crippen molar-refractivity contribution in [2.24, 2.45) is 10.4 Å². The van der Waals surface area contributed by atoms with Crippen molar-refractivity contribution in [2.75, 3.05) is 0 Å². The number of carbonyl (C=O) groups is 2. The summed E-state index contributed by atoms with van der Waals surface area (Å²) < 4.78 is 0. The number of Topliss-reactive ketones (excluding diaryl/α,β-unsaturated/α-hetero) is 1. The highest BCUT2D eigenvalue weighted by Gasteiger charge is 2.32. The van der Waals surface area contributed by atoms with E-state index in [1.807, 2.05) is 13.8 Å². The van der Waals surface area contributed by atoms with E-state index in [-0.39, 0.29) is 36.1 Å². The van der Waals surface area contributed by atoms with Crippen LogP contribution in [0.1, 0.15) is 26.7 Å². The monoisotopic (exact) mass is 289 g/mol. The van der Waals surface area contributed by atoms with Gasteiger partial charge < -0.3 is 5.32 Å². The molecule has 0 bridgehead atoms. The Morgan fingerprint density at radius 3 is 2.38 bits per heavy atom. The fourth-order valence-electron chi connectivity index (χ4n) is 2.13. The number of nitrogens with zero attached hydrogens (tertiary/aromatic N) is 2. The van der Waals surface area contributed by atoms with E-state index in [9.17, 15) is 19.7 Å². The van der Waals surface area contributed by atoms with Crippen LogP contribution in [0.5, 0.6) is 0 Å². The van der Waals surface area contributed by atoms with E-state index in [0.29, 0.717) is 5.69 Å². The predicted octanol–water partition coefficient (Wildman–Crippen LogP) is 2.13. The maximum Gasteiger partial charge on any atom is 0.269 e. The Morgan fingerprint density at radius 2 is 1.81 bits per heavy atom. The van der Waals surface area contributed by atoms with Gasteiger partial charge in [0.1, 0.15) is 0 Å². The summed E-state index contributed by atoms with van der Waals surface area (Å²) in [5.41, 5.74) is -0.0891. The molecule has 110 valence electrons. The molecule has 1 aromatic carbocycles. The molecule has 7 nitrogen and oxygen atoms in total. The second-order valence-electron chi connectivity index (χ2n) is 5.72.